The first-order valence-corrected chi connectivity index (χ1v) is 12.1. The van der Waals surface area contributed by atoms with E-state index in [1.165, 1.54) is 18.3 Å². The van der Waals surface area contributed by atoms with Crippen molar-refractivity contribution >= 4 is 27.8 Å². The molecule has 0 unspecified atom stereocenters. The van der Waals surface area contributed by atoms with E-state index in [9.17, 15) is 13.2 Å². The van der Waals surface area contributed by atoms with E-state index in [4.69, 9.17) is 4.74 Å². The van der Waals surface area contributed by atoms with Crippen LogP contribution in [0.25, 0.3) is 0 Å². The number of aromatic nitrogens is 2. The fraction of sp³-hybridized carbons (Fsp3) is 0.261. The lowest BCUT2D eigenvalue weighted by Crippen LogP contribution is -2.29. The number of hydrogen-bond donors (Lipinski definition) is 3. The molecular formula is C23H27N5O4S. The van der Waals surface area contributed by atoms with Crippen LogP contribution in [0.15, 0.2) is 71.8 Å². The number of carbonyl (C=O) groups is 1. The van der Waals surface area contributed by atoms with E-state index in [1.54, 1.807) is 25.1 Å². The second-order valence-electron chi connectivity index (χ2n) is 6.98. The lowest BCUT2D eigenvalue weighted by atomic mass is 10.1. The Balaban J connectivity index is 1.60. The van der Waals surface area contributed by atoms with E-state index >= 15 is 0 Å². The summed E-state index contributed by atoms with van der Waals surface area (Å²) < 4.78 is 32.2. The zero-order valence-corrected chi connectivity index (χ0v) is 19.1. The largest absolute Gasteiger partial charge is 0.462 e. The zero-order chi connectivity index (χ0) is 23.5. The molecule has 3 aromatic rings. The highest BCUT2D eigenvalue weighted by Gasteiger charge is 2.16. The van der Waals surface area contributed by atoms with Crippen molar-refractivity contribution in [2.45, 2.75) is 18.2 Å². The predicted octanol–water partition coefficient (Wildman–Crippen LogP) is 2.70. The highest BCUT2D eigenvalue weighted by Crippen LogP contribution is 2.16. The van der Waals surface area contributed by atoms with E-state index in [2.05, 4.69) is 25.3 Å². The van der Waals surface area contributed by atoms with Crippen LogP contribution in [0.3, 0.4) is 0 Å². The number of sulfonamides is 1. The van der Waals surface area contributed by atoms with Crippen LogP contribution in [-0.2, 0) is 21.2 Å². The van der Waals surface area contributed by atoms with Crippen molar-refractivity contribution in [3.05, 3.63) is 78.0 Å². The van der Waals surface area contributed by atoms with Crippen molar-refractivity contribution in [2.24, 2.45) is 0 Å². The van der Waals surface area contributed by atoms with Gasteiger partial charge >= 0.3 is 5.97 Å². The summed E-state index contributed by atoms with van der Waals surface area (Å²) in [6.45, 7) is 2.92. The first-order chi connectivity index (χ1) is 16.0. The molecule has 0 aliphatic heterocycles. The van der Waals surface area contributed by atoms with Crippen LogP contribution in [0.2, 0.25) is 0 Å². The van der Waals surface area contributed by atoms with Crippen molar-refractivity contribution in [1.82, 2.24) is 14.7 Å². The first-order valence-electron chi connectivity index (χ1n) is 10.6. The average Bonchev–Trinajstić information content (AvgIpc) is 2.83. The third kappa shape index (κ3) is 7.26. The maximum atomic E-state index is 12.3. The summed E-state index contributed by atoms with van der Waals surface area (Å²) in [5.74, 6) is 0.109. The molecular weight excluding hydrogens is 442 g/mol. The molecule has 33 heavy (non-hydrogen) atoms. The summed E-state index contributed by atoms with van der Waals surface area (Å²) in [7, 11) is -3.59. The van der Waals surface area contributed by atoms with Gasteiger partial charge in [0.1, 0.15) is 11.4 Å². The molecule has 1 heterocycles. The van der Waals surface area contributed by atoms with E-state index < -0.39 is 16.0 Å². The van der Waals surface area contributed by atoms with Gasteiger partial charge in [0, 0.05) is 25.8 Å². The van der Waals surface area contributed by atoms with Crippen LogP contribution in [-0.4, -0.2) is 50.6 Å². The van der Waals surface area contributed by atoms with Crippen LogP contribution in [0, 0.1) is 0 Å². The summed E-state index contributed by atoms with van der Waals surface area (Å²) >= 11 is 0. The molecule has 0 spiro atoms. The lowest BCUT2D eigenvalue weighted by molar-refractivity contribution is 0.0526. The molecule has 3 N–H and O–H groups in total. The summed E-state index contributed by atoms with van der Waals surface area (Å²) in [4.78, 5) is 21.0. The number of ether oxygens (including phenoxy) is 1. The van der Waals surface area contributed by atoms with Gasteiger partial charge in [0.05, 0.1) is 11.5 Å². The molecule has 0 aliphatic rings. The second-order valence-corrected chi connectivity index (χ2v) is 8.74. The van der Waals surface area contributed by atoms with Gasteiger partial charge in [0.15, 0.2) is 0 Å². The van der Waals surface area contributed by atoms with Gasteiger partial charge in [-0.05, 0) is 31.0 Å². The predicted molar refractivity (Wildman–Crippen MR) is 127 cm³/mol. The van der Waals surface area contributed by atoms with Gasteiger partial charge in [-0.15, -0.1) is 0 Å². The number of nitrogens with zero attached hydrogens (tertiary/aromatic N) is 2. The maximum absolute atomic E-state index is 12.3. The smallest absolute Gasteiger partial charge is 0.343 e. The van der Waals surface area contributed by atoms with Crippen molar-refractivity contribution in [3.63, 3.8) is 0 Å². The Morgan fingerprint density at radius 1 is 0.939 bits per heavy atom. The third-order valence-corrected chi connectivity index (χ3v) is 6.06. The molecule has 0 saturated heterocycles. The molecule has 0 amide bonds. The quantitative estimate of drug-likeness (QED) is 0.273. The second kappa shape index (κ2) is 11.9. The fourth-order valence-electron chi connectivity index (χ4n) is 2.97. The summed E-state index contributed by atoms with van der Waals surface area (Å²) in [5.41, 5.74) is 1.39. The Hall–Kier alpha value is -3.50. The first kappa shape index (κ1) is 24.1. The van der Waals surface area contributed by atoms with Crippen molar-refractivity contribution in [2.75, 3.05) is 36.9 Å². The highest BCUT2D eigenvalue weighted by atomic mass is 32.2. The van der Waals surface area contributed by atoms with E-state index in [-0.39, 0.29) is 36.1 Å². The minimum absolute atomic E-state index is 0.136. The third-order valence-electron chi connectivity index (χ3n) is 4.59. The van der Waals surface area contributed by atoms with Gasteiger partial charge in [0.2, 0.25) is 16.0 Å². The number of carbonyl (C=O) groups excluding carboxylic acids is 1. The number of nitrogens with one attached hydrogen (secondary N) is 3. The number of anilines is 2. The molecule has 0 radical (unpaired) electrons. The Bertz CT molecular complexity index is 1140. The van der Waals surface area contributed by atoms with Gasteiger partial charge in [-0.2, -0.15) is 4.98 Å². The Labute approximate surface area is 193 Å². The molecule has 2 aromatic carbocycles. The summed E-state index contributed by atoms with van der Waals surface area (Å²) in [6.07, 6.45) is 2.14. The van der Waals surface area contributed by atoms with E-state index in [1.807, 2.05) is 30.3 Å². The van der Waals surface area contributed by atoms with Crippen molar-refractivity contribution in [3.8, 4) is 0 Å². The molecule has 0 atom stereocenters. The van der Waals surface area contributed by atoms with Crippen LogP contribution < -0.4 is 15.4 Å². The topological polar surface area (TPSA) is 122 Å². The minimum atomic E-state index is -3.59. The number of esters is 1. The standard InChI is InChI=1S/C23H27N5O4S/c1-2-32-22(29)20-17-26-23(28-21(20)24-14-13-18-9-5-3-6-10-18)25-15-16-27-33(30,31)19-11-7-4-8-12-19/h3-12,17,27H,2,13-16H2,1H3,(H2,24,25,26,28). The van der Waals surface area contributed by atoms with Crippen LogP contribution in [0.4, 0.5) is 11.8 Å². The highest BCUT2D eigenvalue weighted by molar-refractivity contribution is 7.89. The van der Waals surface area contributed by atoms with Gasteiger partial charge in [0.25, 0.3) is 0 Å². The van der Waals surface area contributed by atoms with Crippen molar-refractivity contribution < 1.29 is 17.9 Å². The minimum Gasteiger partial charge on any atom is -0.462 e. The van der Waals surface area contributed by atoms with E-state index in [0.717, 1.165) is 12.0 Å². The average molecular weight is 470 g/mol. The van der Waals surface area contributed by atoms with E-state index in [0.29, 0.717) is 12.4 Å². The number of rotatable bonds is 12. The monoisotopic (exact) mass is 469 g/mol. The molecule has 9 nitrogen and oxygen atoms in total. The SMILES string of the molecule is CCOC(=O)c1cnc(NCCNS(=O)(=O)c2ccccc2)nc1NCCc1ccccc1. The van der Waals surface area contributed by atoms with Crippen LogP contribution in [0.5, 0.6) is 0 Å². The zero-order valence-electron chi connectivity index (χ0n) is 18.3. The normalized spacial score (nSPS) is 11.1. The summed E-state index contributed by atoms with van der Waals surface area (Å²) in [6, 6.07) is 18.1. The van der Waals surface area contributed by atoms with Gasteiger partial charge < -0.3 is 15.4 Å². The van der Waals surface area contributed by atoms with Crippen molar-refractivity contribution in [1.29, 1.82) is 0 Å². The molecule has 0 bridgehead atoms. The molecule has 174 valence electrons. The molecule has 0 saturated carbocycles. The molecule has 10 heteroatoms. The van der Waals surface area contributed by atoms with Gasteiger partial charge in [-0.3, -0.25) is 0 Å². The maximum Gasteiger partial charge on any atom is 0.343 e. The van der Waals surface area contributed by atoms with Crippen LogP contribution in [0.1, 0.15) is 22.8 Å². The lowest BCUT2D eigenvalue weighted by Gasteiger charge is -2.13. The molecule has 3 rings (SSSR count). The Morgan fingerprint density at radius 2 is 1.64 bits per heavy atom. The molecule has 1 aromatic heterocycles. The summed E-state index contributed by atoms with van der Waals surface area (Å²) in [5, 5.41) is 6.15. The number of benzene rings is 2. The number of hydrogen-bond acceptors (Lipinski definition) is 8. The Morgan fingerprint density at radius 3 is 2.33 bits per heavy atom. The molecule has 0 aliphatic carbocycles. The molecule has 0 fully saturated rings. The van der Waals surface area contributed by atoms with Gasteiger partial charge in [-0.1, -0.05) is 48.5 Å². The van der Waals surface area contributed by atoms with Gasteiger partial charge in [-0.25, -0.2) is 22.9 Å². The van der Waals surface area contributed by atoms with Crippen LogP contribution >= 0.6 is 0 Å². The Kier molecular flexibility index (Phi) is 8.73. The fourth-order valence-corrected chi connectivity index (χ4v) is 4.03.